The second kappa shape index (κ2) is 10.1. The number of aliphatic hydroxyl groups is 1. The van der Waals surface area contributed by atoms with Crippen molar-refractivity contribution in [1.82, 2.24) is 9.80 Å². The van der Waals surface area contributed by atoms with Crippen LogP contribution in [0.3, 0.4) is 0 Å². The van der Waals surface area contributed by atoms with E-state index >= 15 is 0 Å². The smallest absolute Gasteiger partial charge is 0.310 e. The standard InChI is InChI=1S/C27H44N2O5S/c1-9-12-29(26(7,8)16-25(4,5)6)23(32)21-27-17(3)15-18(35-27)19(24(33)34-10-2)20(27)22(31)28(21)13-11-14-30/h9,17-21,30H,1,10-16H2,2-8H3/t17?,18-,19+,20+,21?,27?/m1/s1. The number of ether oxygens (including phenoxy) is 1. The average molecular weight is 509 g/mol. The summed E-state index contributed by atoms with van der Waals surface area (Å²) in [5, 5.41) is 9.53. The monoisotopic (exact) mass is 508 g/mol. The Hall–Kier alpha value is -1.54. The highest BCUT2D eigenvalue weighted by atomic mass is 32.2. The number of carbonyl (C=O) groups excluding carboxylic acids is 3. The van der Waals surface area contributed by atoms with Crippen molar-refractivity contribution in [3.05, 3.63) is 12.7 Å². The van der Waals surface area contributed by atoms with Gasteiger partial charge in [0, 0.05) is 30.5 Å². The SMILES string of the molecule is C=CCN(C(=O)C1N(CCCO)C(=O)[C@@H]2[C@@H](C(=O)OCC)[C@H]3CC(C)C12S3)C(C)(C)CC(C)(C)C. The van der Waals surface area contributed by atoms with Crippen LogP contribution in [0.4, 0.5) is 0 Å². The molecule has 3 aliphatic heterocycles. The lowest BCUT2D eigenvalue weighted by atomic mass is 9.66. The highest BCUT2D eigenvalue weighted by Crippen LogP contribution is 2.69. The lowest BCUT2D eigenvalue weighted by Crippen LogP contribution is -2.61. The molecule has 1 N–H and O–H groups in total. The van der Waals surface area contributed by atoms with E-state index in [-0.39, 0.29) is 47.6 Å². The zero-order valence-electron chi connectivity index (χ0n) is 22.5. The highest BCUT2D eigenvalue weighted by molar-refractivity contribution is 8.02. The van der Waals surface area contributed by atoms with Crippen molar-refractivity contribution in [3.8, 4) is 0 Å². The van der Waals surface area contributed by atoms with Crippen LogP contribution in [0.2, 0.25) is 0 Å². The molecule has 3 aliphatic rings. The molecule has 3 rings (SSSR count). The number of likely N-dealkylation sites (tertiary alicyclic amines) is 1. The van der Waals surface area contributed by atoms with E-state index in [0.717, 1.165) is 12.8 Å². The molecular formula is C27H44N2O5S. The molecule has 198 valence electrons. The van der Waals surface area contributed by atoms with Gasteiger partial charge in [-0.2, -0.15) is 0 Å². The maximum atomic E-state index is 14.6. The van der Waals surface area contributed by atoms with Crippen molar-refractivity contribution in [2.24, 2.45) is 23.2 Å². The minimum Gasteiger partial charge on any atom is -0.466 e. The summed E-state index contributed by atoms with van der Waals surface area (Å²) >= 11 is 1.66. The van der Waals surface area contributed by atoms with E-state index in [0.29, 0.717) is 19.5 Å². The van der Waals surface area contributed by atoms with Crippen molar-refractivity contribution < 1.29 is 24.2 Å². The average Bonchev–Trinajstić information content (AvgIpc) is 3.32. The number of esters is 1. The summed E-state index contributed by atoms with van der Waals surface area (Å²) in [6.45, 7) is 19.3. The predicted octanol–water partition coefficient (Wildman–Crippen LogP) is 3.50. The minimum atomic E-state index is -0.685. The molecule has 7 nitrogen and oxygen atoms in total. The number of carbonyl (C=O) groups is 3. The van der Waals surface area contributed by atoms with Gasteiger partial charge in [-0.15, -0.1) is 18.3 Å². The summed E-state index contributed by atoms with van der Waals surface area (Å²) in [4.78, 5) is 45.1. The fourth-order valence-corrected chi connectivity index (χ4v) is 9.50. The number of aliphatic hydroxyl groups excluding tert-OH is 1. The lowest BCUT2D eigenvalue weighted by Gasteiger charge is -2.46. The molecule has 2 bridgehead atoms. The Morgan fingerprint density at radius 2 is 1.97 bits per heavy atom. The van der Waals surface area contributed by atoms with Gasteiger partial charge in [0.15, 0.2) is 0 Å². The third-order valence-corrected chi connectivity index (χ3v) is 9.94. The fourth-order valence-electron chi connectivity index (χ4n) is 7.09. The molecule has 0 aromatic rings. The van der Waals surface area contributed by atoms with Crippen LogP contribution in [-0.2, 0) is 19.1 Å². The number of rotatable bonds is 10. The van der Waals surface area contributed by atoms with Crippen LogP contribution in [0.5, 0.6) is 0 Å². The molecule has 8 heteroatoms. The molecule has 3 saturated heterocycles. The van der Waals surface area contributed by atoms with Gasteiger partial charge in [-0.25, -0.2) is 0 Å². The highest BCUT2D eigenvalue weighted by Gasteiger charge is 2.76. The Balaban J connectivity index is 2.10. The first-order valence-corrected chi connectivity index (χ1v) is 13.8. The van der Waals surface area contributed by atoms with Gasteiger partial charge in [0.05, 0.1) is 23.2 Å². The fraction of sp³-hybridized carbons (Fsp3) is 0.815. The normalized spacial score (nSPS) is 32.1. The summed E-state index contributed by atoms with van der Waals surface area (Å²) < 4.78 is 4.72. The van der Waals surface area contributed by atoms with Gasteiger partial charge < -0.3 is 19.6 Å². The number of hydrogen-bond donors (Lipinski definition) is 1. The van der Waals surface area contributed by atoms with Crippen LogP contribution >= 0.6 is 11.8 Å². The Morgan fingerprint density at radius 3 is 2.51 bits per heavy atom. The summed E-state index contributed by atoms with van der Waals surface area (Å²) in [6, 6.07) is -0.685. The van der Waals surface area contributed by atoms with E-state index < -0.39 is 28.2 Å². The molecule has 1 spiro atoms. The second-order valence-corrected chi connectivity index (χ2v) is 13.7. The van der Waals surface area contributed by atoms with Crippen LogP contribution in [0.25, 0.3) is 0 Å². The van der Waals surface area contributed by atoms with Crippen LogP contribution in [-0.4, -0.2) is 80.6 Å². The molecule has 3 fully saturated rings. The van der Waals surface area contributed by atoms with Crippen LogP contribution in [0.15, 0.2) is 12.7 Å². The zero-order valence-corrected chi connectivity index (χ0v) is 23.3. The third kappa shape index (κ3) is 4.77. The van der Waals surface area contributed by atoms with E-state index in [1.54, 1.807) is 29.7 Å². The Labute approximate surface area is 215 Å². The number of nitrogens with zero attached hydrogens (tertiary/aromatic N) is 2. The van der Waals surface area contributed by atoms with Crippen molar-refractivity contribution in [2.45, 2.75) is 89.3 Å². The summed E-state index contributed by atoms with van der Waals surface area (Å²) in [5.74, 6) is -1.58. The van der Waals surface area contributed by atoms with E-state index in [9.17, 15) is 19.5 Å². The maximum absolute atomic E-state index is 14.6. The molecule has 0 saturated carbocycles. The minimum absolute atomic E-state index is 0.00501. The first kappa shape index (κ1) is 28.0. The molecule has 35 heavy (non-hydrogen) atoms. The van der Waals surface area contributed by atoms with E-state index in [1.807, 2.05) is 4.90 Å². The van der Waals surface area contributed by atoms with E-state index in [1.165, 1.54) is 0 Å². The quantitative estimate of drug-likeness (QED) is 0.359. The van der Waals surface area contributed by atoms with Gasteiger partial charge >= 0.3 is 5.97 Å². The van der Waals surface area contributed by atoms with Crippen LogP contribution in [0.1, 0.15) is 67.7 Å². The molecule has 0 aromatic heterocycles. The van der Waals surface area contributed by atoms with E-state index in [4.69, 9.17) is 4.74 Å². The molecule has 0 aliphatic carbocycles. The topological polar surface area (TPSA) is 87.2 Å². The van der Waals surface area contributed by atoms with Gasteiger partial charge in [-0.3, -0.25) is 14.4 Å². The molecule has 3 heterocycles. The zero-order chi connectivity index (χ0) is 26.3. The largest absolute Gasteiger partial charge is 0.466 e. The molecule has 2 amide bonds. The Morgan fingerprint density at radius 1 is 1.31 bits per heavy atom. The maximum Gasteiger partial charge on any atom is 0.310 e. The second-order valence-electron chi connectivity index (χ2n) is 12.2. The van der Waals surface area contributed by atoms with Gasteiger partial charge in [0.2, 0.25) is 11.8 Å². The predicted molar refractivity (Wildman–Crippen MR) is 139 cm³/mol. The Bertz CT molecular complexity index is 853. The lowest BCUT2D eigenvalue weighted by molar-refractivity contribution is -0.154. The van der Waals surface area contributed by atoms with Gasteiger partial charge in [0.25, 0.3) is 0 Å². The van der Waals surface area contributed by atoms with Crippen LogP contribution < -0.4 is 0 Å². The van der Waals surface area contributed by atoms with Gasteiger partial charge in [-0.05, 0) is 51.4 Å². The molecule has 0 radical (unpaired) electrons. The van der Waals surface area contributed by atoms with Crippen LogP contribution in [0, 0.1) is 23.2 Å². The van der Waals surface area contributed by atoms with Crippen molar-refractivity contribution in [3.63, 3.8) is 0 Å². The number of thioether (sulfide) groups is 1. The van der Waals surface area contributed by atoms with Gasteiger partial charge in [-0.1, -0.05) is 33.8 Å². The Kier molecular flexibility index (Phi) is 8.07. The van der Waals surface area contributed by atoms with E-state index in [2.05, 4.69) is 48.1 Å². The molecule has 6 atom stereocenters. The summed E-state index contributed by atoms with van der Waals surface area (Å²) in [6.07, 6.45) is 3.70. The number of fused-ring (bicyclic) bond motifs is 1. The molecule has 3 unspecified atom stereocenters. The third-order valence-electron chi connectivity index (χ3n) is 7.87. The summed E-state index contributed by atoms with van der Waals surface area (Å²) in [7, 11) is 0. The van der Waals surface area contributed by atoms with Crippen molar-refractivity contribution >= 4 is 29.5 Å². The van der Waals surface area contributed by atoms with Gasteiger partial charge in [0.1, 0.15) is 6.04 Å². The summed E-state index contributed by atoms with van der Waals surface area (Å²) in [5.41, 5.74) is -0.468. The van der Waals surface area contributed by atoms with Crippen molar-refractivity contribution in [2.75, 3.05) is 26.3 Å². The number of hydrogen-bond acceptors (Lipinski definition) is 6. The van der Waals surface area contributed by atoms with Crippen molar-refractivity contribution in [1.29, 1.82) is 0 Å². The molecule has 0 aromatic carbocycles. The first-order chi connectivity index (χ1) is 16.3. The number of amides is 2. The first-order valence-electron chi connectivity index (χ1n) is 12.9. The molecular weight excluding hydrogens is 464 g/mol.